The van der Waals surface area contributed by atoms with Gasteiger partial charge in [-0.2, -0.15) is 4.98 Å². The van der Waals surface area contributed by atoms with Gasteiger partial charge >= 0.3 is 0 Å². The van der Waals surface area contributed by atoms with E-state index in [0.717, 1.165) is 27.0 Å². The average molecular weight is 402 g/mol. The molecule has 1 N–H and O–H groups in total. The minimum Gasteiger partial charge on any atom is -0.354 e. The molecule has 3 rings (SSSR count). The van der Waals surface area contributed by atoms with Crippen LogP contribution in [0.5, 0.6) is 0 Å². The van der Waals surface area contributed by atoms with Crippen molar-refractivity contribution >= 4 is 50.2 Å². The standard InChI is InChI=1S/C19H23N5OS2/c1-4-5-6-13-7-9-14(10-8-13)22-15(25)11-26-18-16-17(20-12-21-18)23-19(27-16)24(2)3/h7-10,12H,4-6,11H2,1-3H3,(H,22,25). The monoisotopic (exact) mass is 401 g/mol. The Morgan fingerprint density at radius 3 is 2.70 bits per heavy atom. The second kappa shape index (κ2) is 9.14. The summed E-state index contributed by atoms with van der Waals surface area (Å²) in [5, 5.41) is 4.61. The molecule has 142 valence electrons. The summed E-state index contributed by atoms with van der Waals surface area (Å²) in [6, 6.07) is 8.07. The summed E-state index contributed by atoms with van der Waals surface area (Å²) in [6.45, 7) is 2.19. The molecule has 1 amide bonds. The Labute approximate surface area is 167 Å². The summed E-state index contributed by atoms with van der Waals surface area (Å²) in [5.41, 5.74) is 2.79. The highest BCUT2D eigenvalue weighted by atomic mass is 32.2. The first kappa shape index (κ1) is 19.6. The van der Waals surface area contributed by atoms with Gasteiger partial charge in [-0.1, -0.05) is 48.6 Å². The van der Waals surface area contributed by atoms with Gasteiger partial charge in [0.25, 0.3) is 0 Å². The molecule has 0 bridgehead atoms. The normalized spacial score (nSPS) is 10.9. The summed E-state index contributed by atoms with van der Waals surface area (Å²) in [5.74, 6) is 0.240. The number of carbonyl (C=O) groups is 1. The predicted molar refractivity (Wildman–Crippen MR) is 114 cm³/mol. The quantitative estimate of drug-likeness (QED) is 0.450. The van der Waals surface area contributed by atoms with Crippen LogP contribution in [-0.4, -0.2) is 40.7 Å². The maximum absolute atomic E-state index is 12.3. The molecule has 0 atom stereocenters. The van der Waals surface area contributed by atoms with Crippen LogP contribution < -0.4 is 10.2 Å². The fraction of sp³-hybridized carbons (Fsp3) is 0.368. The summed E-state index contributed by atoms with van der Waals surface area (Å²) < 4.78 is 0.916. The van der Waals surface area contributed by atoms with Gasteiger partial charge < -0.3 is 10.2 Å². The van der Waals surface area contributed by atoms with Crippen molar-refractivity contribution < 1.29 is 4.79 Å². The van der Waals surface area contributed by atoms with Crippen molar-refractivity contribution in [2.45, 2.75) is 31.2 Å². The van der Waals surface area contributed by atoms with Gasteiger partial charge in [-0.3, -0.25) is 4.79 Å². The number of rotatable bonds is 8. The van der Waals surface area contributed by atoms with E-state index in [-0.39, 0.29) is 5.91 Å². The number of benzene rings is 1. The molecule has 2 aromatic heterocycles. The van der Waals surface area contributed by atoms with Crippen molar-refractivity contribution in [3.63, 3.8) is 0 Å². The van der Waals surface area contributed by atoms with Crippen molar-refractivity contribution in [2.75, 3.05) is 30.1 Å². The molecule has 1 aromatic carbocycles. The first-order chi connectivity index (χ1) is 13.1. The highest BCUT2D eigenvalue weighted by Gasteiger charge is 2.13. The largest absolute Gasteiger partial charge is 0.354 e. The highest BCUT2D eigenvalue weighted by Crippen LogP contribution is 2.32. The van der Waals surface area contributed by atoms with E-state index in [0.29, 0.717) is 11.4 Å². The lowest BCUT2D eigenvalue weighted by Gasteiger charge is -2.06. The highest BCUT2D eigenvalue weighted by molar-refractivity contribution is 8.00. The summed E-state index contributed by atoms with van der Waals surface area (Å²) in [6.07, 6.45) is 4.94. The molecule has 0 radical (unpaired) electrons. The molecule has 0 saturated carbocycles. The van der Waals surface area contributed by atoms with Crippen LogP contribution in [0.1, 0.15) is 25.3 Å². The molecular formula is C19H23N5OS2. The van der Waals surface area contributed by atoms with Crippen molar-refractivity contribution in [3.8, 4) is 0 Å². The van der Waals surface area contributed by atoms with E-state index in [9.17, 15) is 4.79 Å². The third-order valence-corrected chi connectivity index (χ3v) is 6.26. The molecule has 8 heteroatoms. The second-order valence-corrected chi connectivity index (χ2v) is 8.30. The minimum atomic E-state index is -0.0505. The molecule has 0 saturated heterocycles. The number of hydrogen-bond donors (Lipinski definition) is 1. The smallest absolute Gasteiger partial charge is 0.234 e. The van der Waals surface area contributed by atoms with Crippen LogP contribution in [0.3, 0.4) is 0 Å². The van der Waals surface area contributed by atoms with E-state index in [1.807, 2.05) is 31.1 Å². The number of nitrogens with one attached hydrogen (secondary N) is 1. The number of aryl methyl sites for hydroxylation is 1. The third kappa shape index (κ3) is 5.17. The first-order valence-electron chi connectivity index (χ1n) is 8.87. The van der Waals surface area contributed by atoms with Gasteiger partial charge in [0.1, 0.15) is 16.1 Å². The molecular weight excluding hydrogens is 378 g/mol. The molecule has 0 aliphatic carbocycles. The number of carbonyl (C=O) groups excluding carboxylic acids is 1. The molecule has 2 heterocycles. The van der Waals surface area contributed by atoms with Crippen molar-refractivity contribution in [1.82, 2.24) is 15.0 Å². The van der Waals surface area contributed by atoms with Crippen LogP contribution in [0.2, 0.25) is 0 Å². The number of anilines is 2. The maximum atomic E-state index is 12.3. The van der Waals surface area contributed by atoms with Gasteiger partial charge in [0.05, 0.1) is 5.75 Å². The zero-order valence-corrected chi connectivity index (χ0v) is 17.4. The van der Waals surface area contributed by atoms with Gasteiger partial charge in [0.15, 0.2) is 10.8 Å². The lowest BCUT2D eigenvalue weighted by atomic mass is 10.1. The van der Waals surface area contributed by atoms with Gasteiger partial charge in [0, 0.05) is 19.8 Å². The zero-order chi connectivity index (χ0) is 19.2. The number of fused-ring (bicyclic) bond motifs is 1. The Morgan fingerprint density at radius 1 is 1.22 bits per heavy atom. The van der Waals surface area contributed by atoms with E-state index >= 15 is 0 Å². The molecule has 0 unspecified atom stereocenters. The average Bonchev–Trinajstić information content (AvgIpc) is 3.11. The van der Waals surface area contributed by atoms with Crippen LogP contribution in [-0.2, 0) is 11.2 Å². The fourth-order valence-corrected chi connectivity index (χ4v) is 4.30. The molecule has 0 aliphatic rings. The zero-order valence-electron chi connectivity index (χ0n) is 15.7. The van der Waals surface area contributed by atoms with Crippen molar-refractivity contribution in [3.05, 3.63) is 36.2 Å². The Hall–Kier alpha value is -2.19. The third-order valence-electron chi connectivity index (χ3n) is 3.93. The van der Waals surface area contributed by atoms with Gasteiger partial charge in [0.2, 0.25) is 5.91 Å². The first-order valence-corrected chi connectivity index (χ1v) is 10.7. The topological polar surface area (TPSA) is 71.0 Å². The van der Waals surface area contributed by atoms with E-state index in [4.69, 9.17) is 0 Å². The van der Waals surface area contributed by atoms with Gasteiger partial charge in [-0.25, -0.2) is 9.97 Å². The number of aromatic nitrogens is 3. The lowest BCUT2D eigenvalue weighted by molar-refractivity contribution is -0.113. The van der Waals surface area contributed by atoms with E-state index in [2.05, 4.69) is 39.3 Å². The molecule has 0 fully saturated rings. The number of amides is 1. The minimum absolute atomic E-state index is 0.0505. The summed E-state index contributed by atoms with van der Waals surface area (Å²) in [4.78, 5) is 27.3. The lowest BCUT2D eigenvalue weighted by Crippen LogP contribution is -2.14. The van der Waals surface area contributed by atoms with Gasteiger partial charge in [-0.05, 0) is 30.5 Å². The van der Waals surface area contributed by atoms with Crippen molar-refractivity contribution in [2.24, 2.45) is 0 Å². The summed E-state index contributed by atoms with van der Waals surface area (Å²) >= 11 is 2.94. The number of thiazole rings is 1. The molecule has 27 heavy (non-hydrogen) atoms. The predicted octanol–water partition coefficient (Wildman–Crippen LogP) is 4.23. The van der Waals surface area contributed by atoms with E-state index in [1.165, 1.54) is 47.8 Å². The Bertz CT molecular complexity index is 908. The molecule has 0 aliphatic heterocycles. The van der Waals surface area contributed by atoms with Gasteiger partial charge in [-0.15, -0.1) is 0 Å². The van der Waals surface area contributed by atoms with E-state index in [1.54, 1.807) is 0 Å². The van der Waals surface area contributed by atoms with Crippen molar-refractivity contribution in [1.29, 1.82) is 0 Å². The fourth-order valence-electron chi connectivity index (χ4n) is 2.48. The Morgan fingerprint density at radius 2 is 2.00 bits per heavy atom. The van der Waals surface area contributed by atoms with E-state index < -0.39 is 0 Å². The van der Waals surface area contributed by atoms with Crippen LogP contribution in [0, 0.1) is 0 Å². The Balaban J connectivity index is 1.60. The number of hydrogen-bond acceptors (Lipinski definition) is 7. The maximum Gasteiger partial charge on any atom is 0.234 e. The Kier molecular flexibility index (Phi) is 6.63. The number of nitrogens with zero attached hydrogens (tertiary/aromatic N) is 4. The van der Waals surface area contributed by atoms with Crippen LogP contribution in [0.25, 0.3) is 10.3 Å². The van der Waals surface area contributed by atoms with Crippen LogP contribution in [0.4, 0.5) is 10.8 Å². The van der Waals surface area contributed by atoms with Crippen LogP contribution >= 0.6 is 23.1 Å². The molecule has 3 aromatic rings. The number of thioether (sulfide) groups is 1. The SMILES string of the molecule is CCCCc1ccc(NC(=O)CSc2ncnc3nc(N(C)C)sc23)cc1. The molecule has 6 nitrogen and oxygen atoms in total. The molecule has 0 spiro atoms. The number of unbranched alkanes of at least 4 members (excludes halogenated alkanes) is 1. The summed E-state index contributed by atoms with van der Waals surface area (Å²) in [7, 11) is 3.89. The van der Waals surface area contributed by atoms with Crippen LogP contribution in [0.15, 0.2) is 35.6 Å². The second-order valence-electron chi connectivity index (χ2n) is 6.36.